The van der Waals surface area contributed by atoms with E-state index in [4.69, 9.17) is 5.73 Å². The van der Waals surface area contributed by atoms with Gasteiger partial charge in [0, 0.05) is 18.0 Å². The molecule has 2 amide bonds. The minimum atomic E-state index is -0.431. The summed E-state index contributed by atoms with van der Waals surface area (Å²) < 4.78 is 0. The predicted octanol–water partition coefficient (Wildman–Crippen LogP) is 2.25. The summed E-state index contributed by atoms with van der Waals surface area (Å²) in [5.74, 6) is 0.769. The Balaban J connectivity index is 1.68. The first-order valence-electron chi connectivity index (χ1n) is 8.40. The molecule has 1 aliphatic carbocycles. The van der Waals surface area contributed by atoms with Crippen LogP contribution in [0.1, 0.15) is 47.5 Å². The predicted molar refractivity (Wildman–Crippen MR) is 92.9 cm³/mol. The third-order valence-corrected chi connectivity index (χ3v) is 5.94. The first-order valence-corrected chi connectivity index (χ1v) is 9.22. The van der Waals surface area contributed by atoms with Crippen molar-refractivity contribution in [2.75, 3.05) is 25.0 Å². The van der Waals surface area contributed by atoms with Gasteiger partial charge >= 0.3 is 0 Å². The zero-order chi connectivity index (χ0) is 16.6. The number of piperidine rings is 1. The molecular weight excluding hydrogens is 310 g/mol. The van der Waals surface area contributed by atoms with Crippen LogP contribution >= 0.6 is 11.3 Å². The van der Waals surface area contributed by atoms with E-state index in [0.29, 0.717) is 28.9 Å². The number of hydrogen-bond acceptors (Lipinski definition) is 4. The Bertz CT molecular complexity index is 616. The molecule has 0 spiro atoms. The summed E-state index contributed by atoms with van der Waals surface area (Å²) >= 11 is 1.52. The Morgan fingerprint density at radius 3 is 2.61 bits per heavy atom. The lowest BCUT2D eigenvalue weighted by Gasteiger charge is -2.34. The summed E-state index contributed by atoms with van der Waals surface area (Å²) in [6, 6.07) is 0. The summed E-state index contributed by atoms with van der Waals surface area (Å²) in [7, 11) is 0. The van der Waals surface area contributed by atoms with Crippen molar-refractivity contribution in [1.82, 2.24) is 4.90 Å². The number of anilines is 1. The number of nitrogens with two attached hydrogens (primary N) is 1. The van der Waals surface area contributed by atoms with Crippen molar-refractivity contribution in [3.8, 4) is 0 Å². The zero-order valence-electron chi connectivity index (χ0n) is 13.9. The zero-order valence-corrected chi connectivity index (χ0v) is 14.7. The van der Waals surface area contributed by atoms with Gasteiger partial charge in [-0.05, 0) is 43.1 Å². The molecule has 1 aromatic rings. The molecule has 0 aromatic carbocycles. The highest BCUT2D eigenvalue weighted by atomic mass is 32.1. The van der Waals surface area contributed by atoms with E-state index in [1.165, 1.54) is 22.6 Å². The second kappa shape index (κ2) is 6.61. The maximum absolute atomic E-state index is 12.4. The van der Waals surface area contributed by atoms with Crippen LogP contribution in [0.15, 0.2) is 0 Å². The van der Waals surface area contributed by atoms with Crippen LogP contribution in [0.2, 0.25) is 0 Å². The van der Waals surface area contributed by atoms with Crippen LogP contribution < -0.4 is 11.1 Å². The summed E-state index contributed by atoms with van der Waals surface area (Å²) in [5, 5.41) is 3.58. The first-order chi connectivity index (χ1) is 10.9. The number of amides is 2. The number of likely N-dealkylation sites (tertiary alicyclic amines) is 1. The van der Waals surface area contributed by atoms with Crippen molar-refractivity contribution in [3.05, 3.63) is 16.0 Å². The van der Waals surface area contributed by atoms with Gasteiger partial charge in [-0.2, -0.15) is 0 Å². The van der Waals surface area contributed by atoms with E-state index in [-0.39, 0.29) is 5.91 Å². The first kappa shape index (κ1) is 16.5. The minimum Gasteiger partial charge on any atom is -0.365 e. The molecule has 6 heteroatoms. The number of aryl methyl sites for hydroxylation is 1. The van der Waals surface area contributed by atoms with Crippen molar-refractivity contribution in [1.29, 1.82) is 0 Å². The van der Waals surface area contributed by atoms with Gasteiger partial charge in [0.1, 0.15) is 5.00 Å². The average Bonchev–Trinajstić information content (AvgIpc) is 2.96. The maximum atomic E-state index is 12.4. The minimum absolute atomic E-state index is 0.0475. The molecule has 1 fully saturated rings. The van der Waals surface area contributed by atoms with E-state index in [0.717, 1.165) is 37.9 Å². The average molecular weight is 335 g/mol. The Labute approximate surface area is 141 Å². The second-order valence-corrected chi connectivity index (χ2v) is 8.22. The molecule has 0 saturated carbocycles. The molecular formula is C17H25N3O2S. The van der Waals surface area contributed by atoms with Crippen LogP contribution in [0.25, 0.3) is 0 Å². The van der Waals surface area contributed by atoms with E-state index in [1.54, 1.807) is 0 Å². The van der Waals surface area contributed by atoms with E-state index in [1.807, 2.05) is 0 Å². The number of rotatable bonds is 4. The molecule has 1 aromatic heterocycles. The van der Waals surface area contributed by atoms with Gasteiger partial charge < -0.3 is 11.1 Å². The molecule has 0 unspecified atom stereocenters. The summed E-state index contributed by atoms with van der Waals surface area (Å²) in [6.45, 7) is 6.77. The molecule has 3 rings (SSSR count). The second-order valence-electron chi connectivity index (χ2n) is 7.11. The van der Waals surface area contributed by atoms with Crippen molar-refractivity contribution in [3.63, 3.8) is 0 Å². The number of hydrogen-bond donors (Lipinski definition) is 2. The highest BCUT2D eigenvalue weighted by Gasteiger charge is 2.27. The number of nitrogens with one attached hydrogen (secondary N) is 1. The SMILES string of the molecule is C[C@H]1C[C@H](C)CN(CC(=O)Nc2sc3c(c2C(N)=O)CCC3)C1. The molecule has 5 nitrogen and oxygen atoms in total. The van der Waals surface area contributed by atoms with Crippen molar-refractivity contribution >= 4 is 28.2 Å². The van der Waals surface area contributed by atoms with Gasteiger partial charge in [0.15, 0.2) is 0 Å². The molecule has 0 bridgehead atoms. The number of fused-ring (bicyclic) bond motifs is 1. The van der Waals surface area contributed by atoms with Crippen LogP contribution in [0.4, 0.5) is 5.00 Å². The van der Waals surface area contributed by atoms with Crippen molar-refractivity contribution in [2.45, 2.75) is 39.5 Å². The Hall–Kier alpha value is -1.40. The molecule has 1 aliphatic heterocycles. The van der Waals surface area contributed by atoms with Gasteiger partial charge in [-0.15, -0.1) is 11.3 Å². The van der Waals surface area contributed by atoms with Crippen molar-refractivity contribution in [2.24, 2.45) is 17.6 Å². The van der Waals surface area contributed by atoms with Crippen LogP contribution in [0, 0.1) is 11.8 Å². The third-order valence-electron chi connectivity index (χ3n) is 4.73. The summed E-state index contributed by atoms with van der Waals surface area (Å²) in [6.07, 6.45) is 4.17. The molecule has 3 N–H and O–H groups in total. The van der Waals surface area contributed by atoms with Crippen LogP contribution in [0.3, 0.4) is 0 Å². The fourth-order valence-corrected chi connectivity index (χ4v) is 5.35. The van der Waals surface area contributed by atoms with E-state index >= 15 is 0 Å². The van der Waals surface area contributed by atoms with Gasteiger partial charge in [-0.3, -0.25) is 14.5 Å². The molecule has 1 saturated heterocycles. The van der Waals surface area contributed by atoms with Gasteiger partial charge in [-0.1, -0.05) is 13.8 Å². The number of carbonyl (C=O) groups is 2. The fraction of sp³-hybridized carbons (Fsp3) is 0.647. The van der Waals surface area contributed by atoms with E-state index in [2.05, 4.69) is 24.1 Å². The number of carbonyl (C=O) groups excluding carboxylic acids is 2. The van der Waals surface area contributed by atoms with E-state index in [9.17, 15) is 9.59 Å². The summed E-state index contributed by atoms with van der Waals surface area (Å²) in [5.41, 5.74) is 7.13. The highest BCUT2D eigenvalue weighted by Crippen LogP contribution is 2.38. The van der Waals surface area contributed by atoms with Gasteiger partial charge in [0.05, 0.1) is 12.1 Å². The smallest absolute Gasteiger partial charge is 0.251 e. The molecule has 23 heavy (non-hydrogen) atoms. The Kier molecular flexibility index (Phi) is 4.73. The highest BCUT2D eigenvalue weighted by molar-refractivity contribution is 7.17. The van der Waals surface area contributed by atoms with Crippen LogP contribution in [-0.4, -0.2) is 36.3 Å². The quantitative estimate of drug-likeness (QED) is 0.886. The largest absolute Gasteiger partial charge is 0.365 e. The summed E-state index contributed by atoms with van der Waals surface area (Å²) in [4.78, 5) is 27.6. The normalized spacial score (nSPS) is 24.4. The van der Waals surface area contributed by atoms with Crippen molar-refractivity contribution < 1.29 is 9.59 Å². The molecule has 2 atom stereocenters. The van der Waals surface area contributed by atoms with E-state index < -0.39 is 5.91 Å². The van der Waals surface area contributed by atoms with Gasteiger partial charge in [0.25, 0.3) is 5.91 Å². The lowest BCUT2D eigenvalue weighted by molar-refractivity contribution is -0.117. The molecule has 2 heterocycles. The topological polar surface area (TPSA) is 75.4 Å². The Morgan fingerprint density at radius 2 is 1.96 bits per heavy atom. The van der Waals surface area contributed by atoms with Gasteiger partial charge in [-0.25, -0.2) is 0 Å². The van der Waals surface area contributed by atoms with Crippen LogP contribution in [-0.2, 0) is 17.6 Å². The fourth-order valence-electron chi connectivity index (χ4n) is 4.04. The maximum Gasteiger partial charge on any atom is 0.251 e. The Morgan fingerprint density at radius 1 is 1.26 bits per heavy atom. The molecule has 0 radical (unpaired) electrons. The third kappa shape index (κ3) is 3.58. The lowest BCUT2D eigenvalue weighted by atomic mass is 9.92. The molecule has 126 valence electrons. The number of thiophene rings is 1. The standard InChI is InChI=1S/C17H25N3O2S/c1-10-6-11(2)8-20(7-10)9-14(21)19-17-15(16(18)22)12-4-3-5-13(12)23-17/h10-11H,3-9H2,1-2H3,(H2,18,22)(H,19,21)/t10-,11-/m0/s1. The van der Waals surface area contributed by atoms with Gasteiger partial charge in [0.2, 0.25) is 5.91 Å². The molecule has 2 aliphatic rings. The monoisotopic (exact) mass is 335 g/mol. The number of primary amides is 1. The number of nitrogens with zero attached hydrogens (tertiary/aromatic N) is 1. The van der Waals surface area contributed by atoms with Crippen LogP contribution in [0.5, 0.6) is 0 Å². The lowest BCUT2D eigenvalue weighted by Crippen LogP contribution is -2.42.